The second-order valence-corrected chi connectivity index (χ2v) is 8.39. The molecule has 0 bridgehead atoms. The Morgan fingerprint density at radius 2 is 1.35 bits per heavy atom. The Morgan fingerprint density at radius 3 is 1.97 bits per heavy atom. The van der Waals surface area contributed by atoms with Crippen LogP contribution in [0, 0.1) is 5.82 Å². The van der Waals surface area contributed by atoms with Crippen LogP contribution in [0.5, 0.6) is 17.2 Å². The van der Waals surface area contributed by atoms with Gasteiger partial charge in [0.05, 0.1) is 27.8 Å². The van der Waals surface area contributed by atoms with Crippen molar-refractivity contribution in [2.75, 3.05) is 0 Å². The standard InChI is InChI=1S/C25H16FO7P/c26-12-4-6-17-15(9-12)22(28)20(24(30)32-17)19(11-2-1-3-13(27)8-11)21-23(29)16-10-14(34)5-7-18(16)33-25(21)31/h1-10,19,27-29H,34H2. The van der Waals surface area contributed by atoms with Crippen LogP contribution in [0.25, 0.3) is 21.9 Å². The molecule has 7 nitrogen and oxygen atoms in total. The first-order valence-corrected chi connectivity index (χ1v) is 10.6. The molecule has 0 saturated heterocycles. The molecule has 5 aromatic rings. The first kappa shape index (κ1) is 21.7. The van der Waals surface area contributed by atoms with E-state index in [1.165, 1.54) is 36.4 Å². The molecule has 3 aromatic carbocycles. The van der Waals surface area contributed by atoms with Gasteiger partial charge in [-0.25, -0.2) is 14.0 Å². The number of fused-ring (bicyclic) bond motifs is 2. The molecule has 2 unspecified atom stereocenters. The van der Waals surface area contributed by atoms with E-state index in [4.69, 9.17) is 8.83 Å². The van der Waals surface area contributed by atoms with E-state index in [1.54, 1.807) is 12.1 Å². The largest absolute Gasteiger partial charge is 0.508 e. The first-order valence-electron chi connectivity index (χ1n) is 10.0. The molecule has 9 heteroatoms. The molecule has 170 valence electrons. The summed E-state index contributed by atoms with van der Waals surface area (Å²) in [7, 11) is 2.46. The third-order valence-corrected chi connectivity index (χ3v) is 5.95. The van der Waals surface area contributed by atoms with Gasteiger partial charge in [-0.15, -0.1) is 9.24 Å². The maximum Gasteiger partial charge on any atom is 0.344 e. The zero-order chi connectivity index (χ0) is 24.1. The van der Waals surface area contributed by atoms with Crippen LogP contribution < -0.4 is 16.6 Å². The van der Waals surface area contributed by atoms with E-state index in [2.05, 4.69) is 9.24 Å². The van der Waals surface area contributed by atoms with Gasteiger partial charge in [0.15, 0.2) is 0 Å². The third-order valence-electron chi connectivity index (χ3n) is 5.59. The minimum atomic E-state index is -1.41. The lowest BCUT2D eigenvalue weighted by Crippen LogP contribution is -2.21. The Kier molecular flexibility index (Phi) is 5.10. The fourth-order valence-electron chi connectivity index (χ4n) is 4.08. The number of halogens is 1. The molecule has 0 aliphatic heterocycles. The van der Waals surface area contributed by atoms with E-state index in [0.717, 1.165) is 12.1 Å². The van der Waals surface area contributed by atoms with E-state index in [-0.39, 0.29) is 38.8 Å². The number of hydrogen-bond acceptors (Lipinski definition) is 7. The van der Waals surface area contributed by atoms with Crippen molar-refractivity contribution >= 4 is 36.5 Å². The van der Waals surface area contributed by atoms with Gasteiger partial charge in [0.2, 0.25) is 0 Å². The van der Waals surface area contributed by atoms with Crippen LogP contribution in [0.1, 0.15) is 22.6 Å². The average Bonchev–Trinajstić information content (AvgIpc) is 2.79. The molecule has 2 aromatic heterocycles. The van der Waals surface area contributed by atoms with Gasteiger partial charge in [-0.3, -0.25) is 0 Å². The van der Waals surface area contributed by atoms with Crippen LogP contribution in [0.2, 0.25) is 0 Å². The highest BCUT2D eigenvalue weighted by Crippen LogP contribution is 2.42. The summed E-state index contributed by atoms with van der Waals surface area (Å²) in [5, 5.41) is 33.1. The number of aromatic hydroxyl groups is 3. The van der Waals surface area contributed by atoms with E-state index in [9.17, 15) is 29.3 Å². The molecule has 5 rings (SSSR count). The summed E-state index contributed by atoms with van der Waals surface area (Å²) in [5.74, 6) is -3.38. The second-order valence-electron chi connectivity index (χ2n) is 7.73. The van der Waals surface area contributed by atoms with Crippen LogP contribution in [-0.2, 0) is 0 Å². The van der Waals surface area contributed by atoms with Crippen molar-refractivity contribution in [2.45, 2.75) is 5.92 Å². The van der Waals surface area contributed by atoms with Gasteiger partial charge in [-0.2, -0.15) is 0 Å². The first-order chi connectivity index (χ1) is 16.2. The summed E-state index contributed by atoms with van der Waals surface area (Å²) in [6.07, 6.45) is 0. The summed E-state index contributed by atoms with van der Waals surface area (Å²) in [6.45, 7) is 0. The molecule has 2 heterocycles. The summed E-state index contributed by atoms with van der Waals surface area (Å²) < 4.78 is 24.6. The number of benzene rings is 3. The molecule has 0 aliphatic rings. The topological polar surface area (TPSA) is 121 Å². The monoisotopic (exact) mass is 478 g/mol. The molecule has 0 saturated carbocycles. The predicted molar refractivity (Wildman–Crippen MR) is 127 cm³/mol. The zero-order valence-electron chi connectivity index (χ0n) is 17.3. The number of phenols is 1. The molecule has 2 atom stereocenters. The fraction of sp³-hybridized carbons (Fsp3) is 0.0400. The summed E-state index contributed by atoms with van der Waals surface area (Å²) >= 11 is 0. The normalized spacial score (nSPS) is 12.3. The van der Waals surface area contributed by atoms with Gasteiger partial charge in [0, 0.05) is 0 Å². The van der Waals surface area contributed by atoms with Crippen molar-refractivity contribution < 1.29 is 28.5 Å². The Morgan fingerprint density at radius 1 is 0.765 bits per heavy atom. The van der Waals surface area contributed by atoms with Crippen molar-refractivity contribution in [3.05, 3.63) is 104 Å². The lowest BCUT2D eigenvalue weighted by atomic mass is 9.84. The Hall–Kier alpha value is -4.16. The van der Waals surface area contributed by atoms with Crippen LogP contribution in [0.3, 0.4) is 0 Å². The van der Waals surface area contributed by atoms with Gasteiger partial charge in [0.1, 0.15) is 34.2 Å². The molecule has 0 amide bonds. The molecule has 0 radical (unpaired) electrons. The minimum Gasteiger partial charge on any atom is -0.508 e. The van der Waals surface area contributed by atoms with Crippen molar-refractivity contribution in [1.29, 1.82) is 0 Å². The molecule has 0 aliphatic carbocycles. The van der Waals surface area contributed by atoms with Gasteiger partial charge in [-0.05, 0) is 53.3 Å². The highest BCUT2D eigenvalue weighted by atomic mass is 31.0. The summed E-state index contributed by atoms with van der Waals surface area (Å²) in [6, 6.07) is 13.6. The van der Waals surface area contributed by atoms with Gasteiger partial charge >= 0.3 is 11.3 Å². The van der Waals surface area contributed by atoms with Crippen LogP contribution in [0.15, 0.2) is 79.1 Å². The van der Waals surface area contributed by atoms with Crippen LogP contribution in [-0.4, -0.2) is 15.3 Å². The zero-order valence-corrected chi connectivity index (χ0v) is 18.4. The van der Waals surface area contributed by atoms with Crippen molar-refractivity contribution in [2.24, 2.45) is 0 Å². The van der Waals surface area contributed by atoms with Crippen LogP contribution in [0.4, 0.5) is 4.39 Å². The Balaban J connectivity index is 1.93. The molecule has 0 fully saturated rings. The lowest BCUT2D eigenvalue weighted by molar-refractivity contribution is 0.440. The van der Waals surface area contributed by atoms with Crippen molar-refractivity contribution in [3.63, 3.8) is 0 Å². The predicted octanol–water partition coefficient (Wildman–Crippen LogP) is 3.84. The quantitative estimate of drug-likeness (QED) is 0.266. The van der Waals surface area contributed by atoms with Gasteiger partial charge in [0.25, 0.3) is 0 Å². The lowest BCUT2D eigenvalue weighted by Gasteiger charge is -2.20. The van der Waals surface area contributed by atoms with Gasteiger partial charge in [-0.1, -0.05) is 18.2 Å². The highest BCUT2D eigenvalue weighted by molar-refractivity contribution is 7.27. The highest BCUT2D eigenvalue weighted by Gasteiger charge is 2.32. The minimum absolute atomic E-state index is 0.0651. The van der Waals surface area contributed by atoms with E-state index in [0.29, 0.717) is 5.30 Å². The Bertz CT molecular complexity index is 1620. The molecule has 3 N–H and O–H groups in total. The van der Waals surface area contributed by atoms with E-state index in [1.807, 2.05) is 0 Å². The number of hydrogen-bond donors (Lipinski definition) is 3. The fourth-order valence-corrected chi connectivity index (χ4v) is 4.35. The van der Waals surface area contributed by atoms with Crippen molar-refractivity contribution in [1.82, 2.24) is 0 Å². The number of phenolic OH excluding ortho intramolecular Hbond substituents is 1. The van der Waals surface area contributed by atoms with Crippen LogP contribution >= 0.6 is 9.24 Å². The SMILES string of the molecule is O=c1oc2ccc(F)cc2c(O)c1C(c1cccc(O)c1)c1c(O)c2cc(P)ccc2oc1=O. The molecular weight excluding hydrogens is 462 g/mol. The Labute approximate surface area is 192 Å². The molecular formula is C25H16FO7P. The maximum atomic E-state index is 13.9. The number of rotatable bonds is 3. The smallest absolute Gasteiger partial charge is 0.344 e. The van der Waals surface area contributed by atoms with E-state index >= 15 is 0 Å². The third kappa shape index (κ3) is 3.49. The molecule has 0 spiro atoms. The summed E-state index contributed by atoms with van der Waals surface area (Å²) in [5.41, 5.74) is -2.52. The summed E-state index contributed by atoms with van der Waals surface area (Å²) in [4.78, 5) is 26.1. The van der Waals surface area contributed by atoms with Crippen molar-refractivity contribution in [3.8, 4) is 17.2 Å². The van der Waals surface area contributed by atoms with Gasteiger partial charge < -0.3 is 24.2 Å². The van der Waals surface area contributed by atoms with E-state index < -0.39 is 40.0 Å². The average molecular weight is 478 g/mol. The maximum absolute atomic E-state index is 13.9. The second kappa shape index (κ2) is 8.01. The molecule has 34 heavy (non-hydrogen) atoms.